The molecule has 1 amide bonds. The van der Waals surface area contributed by atoms with Crippen molar-refractivity contribution in [2.75, 3.05) is 7.05 Å². The molecule has 2 aromatic rings. The summed E-state index contributed by atoms with van der Waals surface area (Å²) >= 11 is 1.13. The Hall–Kier alpha value is -2.35. The Morgan fingerprint density at radius 2 is 2.00 bits per heavy atom. The van der Waals surface area contributed by atoms with Crippen LogP contribution in [0.25, 0.3) is 11.1 Å². The van der Waals surface area contributed by atoms with E-state index in [9.17, 15) is 13.6 Å². The van der Waals surface area contributed by atoms with E-state index in [1.54, 1.807) is 23.8 Å². The molecule has 0 saturated carbocycles. The number of nitrogens with zero attached hydrogens (tertiary/aromatic N) is 2. The van der Waals surface area contributed by atoms with E-state index in [1.807, 2.05) is 13.0 Å². The molecule has 0 aromatic carbocycles. The molecule has 24 heavy (non-hydrogen) atoms. The minimum absolute atomic E-state index is 0.287. The van der Waals surface area contributed by atoms with Crippen LogP contribution in [0.2, 0.25) is 0 Å². The number of thiophene rings is 1. The van der Waals surface area contributed by atoms with Crippen molar-refractivity contribution in [1.29, 1.82) is 5.41 Å². The summed E-state index contributed by atoms with van der Waals surface area (Å²) in [6.45, 7) is 3.15. The molecule has 1 aliphatic rings. The number of aromatic nitrogens is 1. The average molecular weight is 350 g/mol. The highest BCUT2D eigenvalue weighted by Gasteiger charge is 2.63. The van der Waals surface area contributed by atoms with E-state index in [2.05, 4.69) is 10.3 Å². The molecule has 126 valence electrons. The number of halogens is 2. The van der Waals surface area contributed by atoms with Crippen molar-refractivity contribution in [2.24, 2.45) is 0 Å². The first-order chi connectivity index (χ1) is 11.2. The van der Waals surface area contributed by atoms with Crippen molar-refractivity contribution in [2.45, 2.75) is 25.3 Å². The normalized spacial score (nSPS) is 23.3. The maximum absolute atomic E-state index is 14.7. The predicted molar refractivity (Wildman–Crippen MR) is 88.2 cm³/mol. The molecule has 0 radical (unpaired) electrons. The number of nitrogens with one attached hydrogen (secondary N) is 2. The van der Waals surface area contributed by atoms with Gasteiger partial charge in [-0.05, 0) is 42.5 Å². The number of hydrogen-bond acceptors (Lipinski definition) is 4. The highest BCUT2D eigenvalue weighted by molar-refractivity contribution is 7.10. The zero-order valence-electron chi connectivity index (χ0n) is 13.4. The van der Waals surface area contributed by atoms with Crippen molar-refractivity contribution >= 4 is 23.2 Å². The van der Waals surface area contributed by atoms with Crippen molar-refractivity contribution < 1.29 is 13.6 Å². The number of amides is 1. The van der Waals surface area contributed by atoms with E-state index in [0.717, 1.165) is 35.1 Å². The molecule has 1 aliphatic heterocycles. The van der Waals surface area contributed by atoms with Gasteiger partial charge < -0.3 is 5.32 Å². The Labute approximate surface area is 141 Å². The van der Waals surface area contributed by atoms with Crippen LogP contribution in [0.15, 0.2) is 29.9 Å². The van der Waals surface area contributed by atoms with Crippen molar-refractivity contribution in [1.82, 2.24) is 15.2 Å². The monoisotopic (exact) mass is 350 g/mol. The summed E-state index contributed by atoms with van der Waals surface area (Å²) < 4.78 is 29.4. The highest BCUT2D eigenvalue weighted by Crippen LogP contribution is 2.44. The lowest BCUT2D eigenvalue weighted by Crippen LogP contribution is -2.70. The van der Waals surface area contributed by atoms with Crippen LogP contribution in [0.5, 0.6) is 0 Å². The molecule has 0 spiro atoms. The largest absolute Gasteiger partial charge is 0.352 e. The third kappa shape index (κ3) is 2.29. The number of carbonyl (C=O) groups is 1. The number of carbonyl (C=O) groups excluding carboxylic acids is 1. The number of alkyl halides is 2. The van der Waals surface area contributed by atoms with Crippen LogP contribution in [-0.2, 0) is 10.3 Å². The van der Waals surface area contributed by atoms with Crippen molar-refractivity contribution in [3.05, 3.63) is 40.3 Å². The van der Waals surface area contributed by atoms with Crippen LogP contribution in [0.4, 0.5) is 8.78 Å². The van der Waals surface area contributed by atoms with Gasteiger partial charge in [0.25, 0.3) is 0 Å². The fourth-order valence-corrected chi connectivity index (χ4v) is 3.67. The van der Waals surface area contributed by atoms with Gasteiger partial charge in [-0.15, -0.1) is 11.3 Å². The Morgan fingerprint density at radius 1 is 1.29 bits per heavy atom. The second-order valence-corrected chi connectivity index (χ2v) is 6.90. The van der Waals surface area contributed by atoms with Crippen molar-refractivity contribution in [3.8, 4) is 11.1 Å². The van der Waals surface area contributed by atoms with E-state index >= 15 is 0 Å². The van der Waals surface area contributed by atoms with Gasteiger partial charge in [-0.1, -0.05) is 0 Å². The van der Waals surface area contributed by atoms with Crippen LogP contribution >= 0.6 is 11.3 Å². The Kier molecular flexibility index (Phi) is 3.67. The van der Waals surface area contributed by atoms with Gasteiger partial charge in [-0.2, -0.15) is 8.78 Å². The fraction of sp³-hybridized carbons (Fsp3) is 0.312. The molecule has 1 saturated heterocycles. The van der Waals surface area contributed by atoms with Crippen LogP contribution in [0.3, 0.4) is 0 Å². The lowest BCUT2D eigenvalue weighted by molar-refractivity contribution is -0.169. The SMILES string of the molecule is Cc1cncc(-c2csc([C@@]3(C)NC(=N)N(C)C(=O)C3(F)F)c2)c1. The van der Waals surface area contributed by atoms with Crippen LogP contribution in [0, 0.1) is 12.3 Å². The first-order valence-electron chi connectivity index (χ1n) is 7.20. The van der Waals surface area contributed by atoms with E-state index < -0.39 is 17.4 Å². The number of pyridine rings is 1. The molecule has 0 unspecified atom stereocenters. The molecule has 8 heteroatoms. The Morgan fingerprint density at radius 3 is 2.67 bits per heavy atom. The molecule has 5 nitrogen and oxygen atoms in total. The van der Waals surface area contributed by atoms with E-state index in [-0.39, 0.29) is 10.8 Å². The summed E-state index contributed by atoms with van der Waals surface area (Å²) in [4.78, 5) is 17.0. The standard InChI is InChI=1S/C16H16F2N4OS/c1-9-4-10(7-20-6-9)11-5-12(24-8-11)15(2)16(17,18)13(23)22(3)14(19)21-15/h4-8H,1-3H3,(H2,19,21)/t15-/m1/s1. The first kappa shape index (κ1) is 16.5. The van der Waals surface area contributed by atoms with Crippen LogP contribution in [0.1, 0.15) is 17.4 Å². The van der Waals surface area contributed by atoms with Crippen molar-refractivity contribution in [3.63, 3.8) is 0 Å². The molecular weight excluding hydrogens is 334 g/mol. The van der Waals surface area contributed by atoms with Gasteiger partial charge in [-0.3, -0.25) is 20.1 Å². The molecule has 3 heterocycles. The average Bonchev–Trinajstić information content (AvgIpc) is 3.02. The molecule has 3 rings (SSSR count). The summed E-state index contributed by atoms with van der Waals surface area (Å²) in [5.41, 5.74) is 0.571. The van der Waals surface area contributed by atoms with E-state index in [0.29, 0.717) is 4.90 Å². The van der Waals surface area contributed by atoms with Crippen LogP contribution in [-0.4, -0.2) is 34.7 Å². The first-order valence-corrected chi connectivity index (χ1v) is 8.08. The van der Waals surface area contributed by atoms with Crippen LogP contribution < -0.4 is 5.32 Å². The van der Waals surface area contributed by atoms with E-state index in [1.165, 1.54) is 6.92 Å². The second kappa shape index (κ2) is 5.34. The number of hydrogen-bond donors (Lipinski definition) is 2. The topological polar surface area (TPSA) is 69.1 Å². The summed E-state index contributed by atoms with van der Waals surface area (Å²) in [6, 6.07) is 3.53. The fourth-order valence-electron chi connectivity index (χ4n) is 2.60. The summed E-state index contributed by atoms with van der Waals surface area (Å²) in [5.74, 6) is -5.40. The lowest BCUT2D eigenvalue weighted by Gasteiger charge is -2.44. The predicted octanol–water partition coefficient (Wildman–Crippen LogP) is 2.97. The smallest absolute Gasteiger partial charge is 0.340 e. The van der Waals surface area contributed by atoms with Gasteiger partial charge in [-0.25, -0.2) is 0 Å². The molecule has 1 atom stereocenters. The summed E-state index contributed by atoms with van der Waals surface area (Å²) in [7, 11) is 1.16. The molecule has 1 fully saturated rings. The van der Waals surface area contributed by atoms with Gasteiger partial charge in [0.2, 0.25) is 0 Å². The Bertz CT molecular complexity index is 835. The third-order valence-electron chi connectivity index (χ3n) is 4.21. The maximum atomic E-state index is 14.7. The zero-order chi connectivity index (χ0) is 17.7. The third-order valence-corrected chi connectivity index (χ3v) is 5.36. The zero-order valence-corrected chi connectivity index (χ0v) is 14.2. The van der Waals surface area contributed by atoms with E-state index in [4.69, 9.17) is 5.41 Å². The molecule has 2 aromatic heterocycles. The Balaban J connectivity index is 2.05. The molecule has 2 N–H and O–H groups in total. The number of guanidine groups is 1. The van der Waals surface area contributed by atoms with Gasteiger partial charge in [0, 0.05) is 29.9 Å². The molecule has 0 aliphatic carbocycles. The van der Waals surface area contributed by atoms with Gasteiger partial charge in [0.05, 0.1) is 0 Å². The molecule has 0 bridgehead atoms. The second-order valence-electron chi connectivity index (χ2n) is 5.99. The lowest BCUT2D eigenvalue weighted by atomic mass is 9.88. The summed E-state index contributed by atoms with van der Waals surface area (Å²) in [6.07, 6.45) is 3.37. The molecular formula is C16H16F2N4OS. The van der Waals surface area contributed by atoms with Gasteiger partial charge >= 0.3 is 11.8 Å². The minimum atomic E-state index is -3.67. The quantitative estimate of drug-likeness (QED) is 0.875. The van der Waals surface area contributed by atoms with Gasteiger partial charge in [0.1, 0.15) is 5.54 Å². The summed E-state index contributed by atoms with van der Waals surface area (Å²) in [5, 5.41) is 12.0. The maximum Gasteiger partial charge on any atom is 0.352 e. The highest BCUT2D eigenvalue weighted by atomic mass is 32.1. The van der Waals surface area contributed by atoms with Gasteiger partial charge in [0.15, 0.2) is 5.96 Å². The minimum Gasteiger partial charge on any atom is -0.340 e. The number of rotatable bonds is 2. The number of aryl methyl sites for hydroxylation is 1.